The quantitative estimate of drug-likeness (QED) is 0.327. The monoisotopic (exact) mass is 403 g/mol. The van der Waals surface area contributed by atoms with Crippen molar-refractivity contribution in [2.75, 3.05) is 0 Å². The van der Waals surface area contributed by atoms with E-state index in [2.05, 4.69) is 20.3 Å². The Bertz CT molecular complexity index is 1380. The summed E-state index contributed by atoms with van der Waals surface area (Å²) in [5.74, 6) is 0.322. The highest BCUT2D eigenvalue weighted by Gasteiger charge is 2.26. The van der Waals surface area contributed by atoms with Gasteiger partial charge in [0.25, 0.3) is 0 Å². The Morgan fingerprint density at radius 1 is 1.17 bits per heavy atom. The van der Waals surface area contributed by atoms with Crippen molar-refractivity contribution in [3.05, 3.63) is 70.6 Å². The predicted molar refractivity (Wildman–Crippen MR) is 107 cm³/mol. The second-order valence-corrected chi connectivity index (χ2v) is 6.88. The van der Waals surface area contributed by atoms with Gasteiger partial charge in [-0.3, -0.25) is 0 Å². The molecule has 0 saturated carbocycles. The van der Waals surface area contributed by atoms with Crippen LogP contribution in [0, 0.1) is 17.0 Å². The fourth-order valence-electron chi connectivity index (χ4n) is 3.58. The molecule has 4 heterocycles. The number of para-hydroxylation sites is 1. The van der Waals surface area contributed by atoms with Crippen molar-refractivity contribution in [1.29, 1.82) is 0 Å². The fourth-order valence-corrected chi connectivity index (χ4v) is 3.58. The molecule has 0 saturated heterocycles. The van der Waals surface area contributed by atoms with Gasteiger partial charge >= 0.3 is 5.82 Å². The SMILES string of the molecule is CCC(c1nc2c3cnn(-c4ccccc4)c3ncn2n1)n1nc([N+](=O)[O-])cc1C. The van der Waals surface area contributed by atoms with E-state index in [9.17, 15) is 10.1 Å². The van der Waals surface area contributed by atoms with Crippen LogP contribution < -0.4 is 0 Å². The zero-order chi connectivity index (χ0) is 20.8. The summed E-state index contributed by atoms with van der Waals surface area (Å²) in [6, 6.07) is 10.8. The van der Waals surface area contributed by atoms with Crippen LogP contribution >= 0.6 is 0 Å². The first kappa shape index (κ1) is 17.9. The van der Waals surface area contributed by atoms with Crippen LogP contribution in [0.5, 0.6) is 0 Å². The standard InChI is InChI=1S/C19H17N9O2/c1-3-15(26-12(2)9-16(23-26)28(29)30)17-22-19-14-10-21-27(13-7-5-4-6-8-13)18(14)20-11-25(19)24-17/h4-11,15H,3H2,1-2H3. The number of nitro groups is 1. The smallest absolute Gasteiger partial charge is 0.358 e. The molecule has 11 nitrogen and oxygen atoms in total. The van der Waals surface area contributed by atoms with Gasteiger partial charge in [-0.2, -0.15) is 9.78 Å². The Morgan fingerprint density at radius 2 is 1.97 bits per heavy atom. The minimum Gasteiger partial charge on any atom is -0.358 e. The van der Waals surface area contributed by atoms with Gasteiger partial charge in [-0.15, -0.1) is 5.10 Å². The summed E-state index contributed by atoms with van der Waals surface area (Å²) in [6.07, 6.45) is 3.94. The number of aromatic nitrogens is 8. The predicted octanol–water partition coefficient (Wildman–Crippen LogP) is 2.88. The van der Waals surface area contributed by atoms with E-state index in [0.29, 0.717) is 29.2 Å². The minimum absolute atomic E-state index is 0.192. The highest BCUT2D eigenvalue weighted by molar-refractivity contribution is 5.89. The third-order valence-corrected chi connectivity index (χ3v) is 5.00. The Morgan fingerprint density at radius 3 is 2.67 bits per heavy atom. The van der Waals surface area contributed by atoms with Crippen LogP contribution in [0.3, 0.4) is 0 Å². The second kappa shape index (κ2) is 6.72. The molecule has 1 unspecified atom stereocenters. The Balaban J connectivity index is 1.63. The van der Waals surface area contributed by atoms with Crippen LogP contribution in [-0.4, -0.2) is 44.1 Å². The maximum Gasteiger partial charge on any atom is 0.390 e. The average Bonchev–Trinajstić information content (AvgIpc) is 3.46. The third kappa shape index (κ3) is 2.70. The average molecular weight is 403 g/mol. The number of nitrogens with zero attached hydrogens (tertiary/aromatic N) is 9. The van der Waals surface area contributed by atoms with Crippen LogP contribution in [0.15, 0.2) is 48.9 Å². The molecular formula is C19H17N9O2. The summed E-state index contributed by atoms with van der Waals surface area (Å²) < 4.78 is 4.96. The molecule has 0 radical (unpaired) electrons. The summed E-state index contributed by atoms with van der Waals surface area (Å²) >= 11 is 0. The van der Waals surface area contributed by atoms with E-state index >= 15 is 0 Å². The zero-order valence-corrected chi connectivity index (χ0v) is 16.2. The Hall–Kier alpha value is -4.15. The van der Waals surface area contributed by atoms with E-state index in [4.69, 9.17) is 4.98 Å². The maximum atomic E-state index is 11.1. The van der Waals surface area contributed by atoms with Gasteiger partial charge in [0.15, 0.2) is 17.1 Å². The summed E-state index contributed by atoms with van der Waals surface area (Å²) in [5, 5.41) is 25.0. The molecule has 0 aliphatic heterocycles. The zero-order valence-electron chi connectivity index (χ0n) is 16.2. The van der Waals surface area contributed by atoms with Crippen molar-refractivity contribution >= 4 is 22.5 Å². The molecule has 1 atom stereocenters. The number of fused-ring (bicyclic) bond motifs is 3. The molecule has 0 spiro atoms. The first-order valence-corrected chi connectivity index (χ1v) is 9.41. The minimum atomic E-state index is -0.501. The van der Waals surface area contributed by atoms with Crippen molar-refractivity contribution < 1.29 is 4.92 Å². The summed E-state index contributed by atoms with van der Waals surface area (Å²) in [4.78, 5) is 19.8. The molecule has 5 rings (SSSR count). The van der Waals surface area contributed by atoms with E-state index < -0.39 is 4.92 Å². The molecule has 4 aromatic heterocycles. The third-order valence-electron chi connectivity index (χ3n) is 5.00. The number of aryl methyl sites for hydroxylation is 1. The first-order chi connectivity index (χ1) is 14.6. The first-order valence-electron chi connectivity index (χ1n) is 9.41. The summed E-state index contributed by atoms with van der Waals surface area (Å²) in [7, 11) is 0. The molecule has 11 heteroatoms. The number of hydrogen-bond donors (Lipinski definition) is 0. The molecule has 0 N–H and O–H groups in total. The van der Waals surface area contributed by atoms with Crippen LogP contribution in [0.4, 0.5) is 5.82 Å². The Kier molecular flexibility index (Phi) is 4.02. The van der Waals surface area contributed by atoms with Crippen molar-refractivity contribution in [3.8, 4) is 5.69 Å². The largest absolute Gasteiger partial charge is 0.390 e. The Labute approximate surface area is 169 Å². The van der Waals surface area contributed by atoms with Gasteiger partial charge < -0.3 is 10.1 Å². The summed E-state index contributed by atoms with van der Waals surface area (Å²) in [5.41, 5.74) is 2.86. The molecular weight excluding hydrogens is 386 g/mol. The van der Waals surface area contributed by atoms with Gasteiger partial charge in [0.1, 0.15) is 12.4 Å². The number of benzene rings is 1. The van der Waals surface area contributed by atoms with Crippen molar-refractivity contribution in [3.63, 3.8) is 0 Å². The molecule has 0 aliphatic rings. The number of rotatable bonds is 5. The van der Waals surface area contributed by atoms with E-state index in [0.717, 1.165) is 11.1 Å². The molecule has 150 valence electrons. The van der Waals surface area contributed by atoms with Gasteiger partial charge in [0.05, 0.1) is 34.1 Å². The van der Waals surface area contributed by atoms with E-state index in [-0.39, 0.29) is 11.9 Å². The lowest BCUT2D eigenvalue weighted by Gasteiger charge is -2.09. The molecule has 0 amide bonds. The van der Waals surface area contributed by atoms with E-state index in [1.807, 2.05) is 37.3 Å². The molecule has 0 bridgehead atoms. The fraction of sp³-hybridized carbons (Fsp3) is 0.211. The van der Waals surface area contributed by atoms with Gasteiger partial charge in [-0.05, 0) is 30.4 Å². The van der Waals surface area contributed by atoms with Gasteiger partial charge in [-0.1, -0.05) is 25.1 Å². The van der Waals surface area contributed by atoms with E-state index in [1.54, 1.807) is 33.3 Å². The van der Waals surface area contributed by atoms with Gasteiger partial charge in [-0.25, -0.2) is 19.2 Å². The van der Waals surface area contributed by atoms with Gasteiger partial charge in [0.2, 0.25) is 0 Å². The van der Waals surface area contributed by atoms with Crippen molar-refractivity contribution in [2.45, 2.75) is 26.3 Å². The topological polar surface area (TPSA) is 122 Å². The van der Waals surface area contributed by atoms with E-state index in [1.165, 1.54) is 6.07 Å². The van der Waals surface area contributed by atoms with Gasteiger partial charge in [0, 0.05) is 0 Å². The normalized spacial score (nSPS) is 12.6. The molecule has 0 aliphatic carbocycles. The lowest BCUT2D eigenvalue weighted by Crippen LogP contribution is -2.14. The lowest BCUT2D eigenvalue weighted by molar-refractivity contribution is -0.389. The van der Waals surface area contributed by atoms with Crippen molar-refractivity contribution in [2.24, 2.45) is 0 Å². The maximum absolute atomic E-state index is 11.1. The highest BCUT2D eigenvalue weighted by Crippen LogP contribution is 2.25. The molecule has 5 aromatic rings. The van der Waals surface area contributed by atoms with Crippen LogP contribution in [0.1, 0.15) is 30.9 Å². The van der Waals surface area contributed by atoms with Crippen molar-refractivity contribution in [1.82, 2.24) is 39.1 Å². The van der Waals surface area contributed by atoms with Crippen LogP contribution in [-0.2, 0) is 0 Å². The molecule has 0 fully saturated rings. The summed E-state index contributed by atoms with van der Waals surface area (Å²) in [6.45, 7) is 3.74. The molecule has 30 heavy (non-hydrogen) atoms. The second-order valence-electron chi connectivity index (χ2n) is 6.88. The molecule has 1 aromatic carbocycles. The van der Waals surface area contributed by atoms with Crippen LogP contribution in [0.2, 0.25) is 0 Å². The number of hydrogen-bond acceptors (Lipinski definition) is 7. The lowest BCUT2D eigenvalue weighted by atomic mass is 10.2. The highest BCUT2D eigenvalue weighted by atomic mass is 16.6. The van der Waals surface area contributed by atoms with Crippen LogP contribution in [0.25, 0.3) is 22.4 Å².